The lowest BCUT2D eigenvalue weighted by Crippen LogP contribution is -2.48. The van der Waals surface area contributed by atoms with Gasteiger partial charge in [0.15, 0.2) is 0 Å². The molecule has 4 N–H and O–H groups in total. The molecular weight excluding hydrogens is 773 g/mol. The Bertz CT molecular complexity index is 2130. The summed E-state index contributed by atoms with van der Waals surface area (Å²) < 4.78 is 0. The number of hydrazone groups is 1. The third-order valence-electron chi connectivity index (χ3n) is 22.5. The molecule has 16 rings (SSSR count). The predicted molar refractivity (Wildman–Crippen MR) is 255 cm³/mol. The van der Waals surface area contributed by atoms with Crippen LogP contribution in [0.1, 0.15) is 215 Å². The average Bonchev–Trinajstić information content (AvgIpc) is 3.73. The number of aryl methyl sites for hydroxylation is 2. The van der Waals surface area contributed by atoms with Gasteiger partial charge >= 0.3 is 0 Å². The number of Topliss-reactive ketones (excluding diaryl/α,β-unsaturated/α-hetero) is 1. The lowest BCUT2D eigenvalue weighted by Gasteiger charge is -2.57. The number of benzene rings is 2. The first-order valence-electron chi connectivity index (χ1n) is 26.0. The molecule has 8 atom stereocenters. The fourth-order valence-electron chi connectivity index (χ4n) is 20.7. The fourth-order valence-corrected chi connectivity index (χ4v) is 20.7. The molecule has 342 valence electrons. The number of nitrogens with zero attached hydrogens (tertiary/aromatic N) is 1. The largest absolute Gasteiger partial charge is 0.508 e. The van der Waals surface area contributed by atoms with Gasteiger partial charge in [0.25, 0.3) is 0 Å². The summed E-state index contributed by atoms with van der Waals surface area (Å²) in [5.41, 5.74) is 10.7. The van der Waals surface area contributed by atoms with Gasteiger partial charge in [-0.15, -0.1) is 0 Å². The van der Waals surface area contributed by atoms with E-state index in [1.165, 1.54) is 144 Å². The number of carbonyl (C=O) groups is 1. The van der Waals surface area contributed by atoms with E-state index in [0.717, 1.165) is 85.9 Å². The van der Waals surface area contributed by atoms with Crippen LogP contribution in [-0.2, 0) is 28.5 Å². The molecule has 12 fully saturated rings. The summed E-state index contributed by atoms with van der Waals surface area (Å²) in [5, 5.41) is 26.7. The van der Waals surface area contributed by atoms with Crippen LogP contribution in [0.4, 0.5) is 0 Å². The highest BCUT2D eigenvalue weighted by molar-refractivity contribution is 5.92. The monoisotopic (exact) mass is 855 g/mol. The molecule has 12 saturated carbocycles. The Hall–Kier alpha value is -2.82. The number of ketones is 1. The number of rotatable bonds is 2. The zero-order valence-corrected chi connectivity index (χ0v) is 37.5. The summed E-state index contributed by atoms with van der Waals surface area (Å²) in [7, 11) is 0. The van der Waals surface area contributed by atoms with Gasteiger partial charge in [-0.05, 0) is 264 Å². The van der Waals surface area contributed by atoms with Crippen molar-refractivity contribution < 1.29 is 15.0 Å². The summed E-state index contributed by atoms with van der Waals surface area (Å²) in [5.74, 6) is 17.1. The number of hydrogen-bond donors (Lipinski definition) is 3. The molecule has 0 spiro atoms. The molecule has 5 heteroatoms. The van der Waals surface area contributed by atoms with E-state index >= 15 is 0 Å². The second-order valence-electron chi connectivity index (χ2n) is 25.4. The van der Waals surface area contributed by atoms with Crippen LogP contribution in [0.5, 0.6) is 11.5 Å². The molecule has 14 aliphatic rings. The number of hydrogen-bond acceptors (Lipinski definition) is 5. The third kappa shape index (κ3) is 6.16. The lowest BCUT2D eigenvalue weighted by molar-refractivity contribution is -0.129. The lowest BCUT2D eigenvalue weighted by atomic mass is 9.47. The summed E-state index contributed by atoms with van der Waals surface area (Å²) in [6.07, 6.45) is 30.4. The third-order valence-corrected chi connectivity index (χ3v) is 22.5. The Balaban J connectivity index is 0.000000137. The molecule has 0 heterocycles. The second kappa shape index (κ2) is 14.8. The van der Waals surface area contributed by atoms with Crippen LogP contribution in [0.15, 0.2) is 29.4 Å². The van der Waals surface area contributed by atoms with Crippen LogP contribution in [-0.4, -0.2) is 21.7 Å². The maximum atomic E-state index is 12.7. The number of aromatic hydroxyl groups is 2. The number of phenols is 2. The molecular formula is C58H82N2O3. The summed E-state index contributed by atoms with van der Waals surface area (Å²) in [4.78, 5) is 12.7. The maximum Gasteiger partial charge on any atom is 0.139 e. The van der Waals surface area contributed by atoms with Crippen molar-refractivity contribution in [2.45, 2.75) is 205 Å². The van der Waals surface area contributed by atoms with Gasteiger partial charge in [0.05, 0.1) is 0 Å². The van der Waals surface area contributed by atoms with E-state index in [-0.39, 0.29) is 36.5 Å². The molecule has 14 aliphatic carbocycles. The Kier molecular flexibility index (Phi) is 10.1. The molecule has 0 saturated heterocycles. The van der Waals surface area contributed by atoms with Crippen molar-refractivity contribution >= 4 is 11.5 Å². The van der Waals surface area contributed by atoms with Gasteiger partial charge in [0, 0.05) is 34.1 Å². The van der Waals surface area contributed by atoms with Gasteiger partial charge in [-0.3, -0.25) is 4.79 Å². The topological polar surface area (TPSA) is 95.9 Å². The van der Waals surface area contributed by atoms with Gasteiger partial charge in [0.1, 0.15) is 17.3 Å². The highest BCUT2D eigenvalue weighted by atomic mass is 16.3. The zero-order chi connectivity index (χ0) is 41.2. The SMILES string of the molecule is C.C.C[C@]12CCC3c4cc(C56CC7CC(CC(C7)C5)C6)c(O)cc4CCC3C1CC/C2=N\N.C[C@]12CCC3c4cc(C56CC7CC(CC(C7)C5)C6)c(O)cc4CCC3C1CCC2=O. The molecule has 6 unspecified atom stereocenters. The van der Waals surface area contributed by atoms with E-state index in [4.69, 9.17) is 5.84 Å². The molecule has 0 aromatic heterocycles. The quantitative estimate of drug-likeness (QED) is 0.207. The summed E-state index contributed by atoms with van der Waals surface area (Å²) >= 11 is 0. The molecule has 5 nitrogen and oxygen atoms in total. The Morgan fingerprint density at radius 3 is 1.37 bits per heavy atom. The van der Waals surface area contributed by atoms with E-state index in [0.29, 0.717) is 41.0 Å². The van der Waals surface area contributed by atoms with Crippen molar-refractivity contribution in [2.75, 3.05) is 0 Å². The van der Waals surface area contributed by atoms with Gasteiger partial charge < -0.3 is 16.1 Å². The van der Waals surface area contributed by atoms with Crippen LogP contribution < -0.4 is 5.84 Å². The molecule has 0 amide bonds. The smallest absolute Gasteiger partial charge is 0.139 e. The first kappa shape index (κ1) is 42.8. The number of nitrogens with two attached hydrogens (primary N) is 1. The maximum absolute atomic E-state index is 12.7. The molecule has 2 aromatic rings. The summed E-state index contributed by atoms with van der Waals surface area (Å²) in [6, 6.07) is 9.43. The first-order chi connectivity index (χ1) is 29.4. The molecule has 63 heavy (non-hydrogen) atoms. The highest BCUT2D eigenvalue weighted by Gasteiger charge is 2.58. The van der Waals surface area contributed by atoms with E-state index in [9.17, 15) is 15.0 Å². The van der Waals surface area contributed by atoms with Crippen molar-refractivity contribution in [3.63, 3.8) is 0 Å². The Morgan fingerprint density at radius 2 is 0.937 bits per heavy atom. The van der Waals surface area contributed by atoms with Gasteiger partial charge in [-0.25, -0.2) is 0 Å². The Morgan fingerprint density at radius 1 is 0.540 bits per heavy atom. The highest BCUT2D eigenvalue weighted by Crippen LogP contribution is 2.66. The van der Waals surface area contributed by atoms with Crippen LogP contribution in [0.2, 0.25) is 0 Å². The van der Waals surface area contributed by atoms with Gasteiger partial charge in [-0.1, -0.05) is 40.8 Å². The van der Waals surface area contributed by atoms with E-state index < -0.39 is 0 Å². The van der Waals surface area contributed by atoms with Gasteiger partial charge in [-0.2, -0.15) is 5.10 Å². The molecule has 0 aliphatic heterocycles. The molecule has 2 aromatic carbocycles. The number of carbonyl (C=O) groups excluding carboxylic acids is 1. The normalized spacial score (nSPS) is 46.9. The Labute approximate surface area is 380 Å². The minimum absolute atomic E-state index is 0. The van der Waals surface area contributed by atoms with Gasteiger partial charge in [0.2, 0.25) is 0 Å². The minimum Gasteiger partial charge on any atom is -0.508 e. The minimum atomic E-state index is -0.0433. The van der Waals surface area contributed by atoms with Crippen LogP contribution >= 0.6 is 0 Å². The average molecular weight is 855 g/mol. The van der Waals surface area contributed by atoms with Crippen LogP contribution in [0, 0.1) is 70.0 Å². The molecule has 8 bridgehead atoms. The molecule has 0 radical (unpaired) electrons. The summed E-state index contributed by atoms with van der Waals surface area (Å²) in [6.45, 7) is 4.72. The van der Waals surface area contributed by atoms with Crippen molar-refractivity contribution in [3.8, 4) is 11.5 Å². The second-order valence-corrected chi connectivity index (χ2v) is 25.4. The van der Waals surface area contributed by atoms with Crippen molar-refractivity contribution in [3.05, 3.63) is 57.6 Å². The van der Waals surface area contributed by atoms with Crippen LogP contribution in [0.3, 0.4) is 0 Å². The van der Waals surface area contributed by atoms with E-state index in [2.05, 4.69) is 43.2 Å². The van der Waals surface area contributed by atoms with Crippen molar-refractivity contribution in [2.24, 2.45) is 81.0 Å². The van der Waals surface area contributed by atoms with Crippen molar-refractivity contribution in [1.82, 2.24) is 0 Å². The van der Waals surface area contributed by atoms with E-state index in [1.54, 1.807) is 11.1 Å². The fraction of sp³-hybridized carbons (Fsp3) is 0.759. The number of phenolic OH excluding ortho intramolecular Hbond substituents is 2. The predicted octanol–water partition coefficient (Wildman–Crippen LogP) is 13.6. The first-order valence-corrected chi connectivity index (χ1v) is 26.0. The van der Waals surface area contributed by atoms with Crippen molar-refractivity contribution in [1.29, 1.82) is 0 Å². The van der Waals surface area contributed by atoms with E-state index in [1.807, 2.05) is 0 Å². The standard InChI is InChI=1S/C28H38N2O.C28H36O2.2CH4/c1-27-7-6-20-21(23(27)4-5-26(27)30-29)3-2-19-11-25(31)24(12-22(19)20)28-13-16-8-17(14-28)10-18(9-16)15-28;1-27-7-6-20-21(23(27)4-5-26(27)30)3-2-19-11-25(29)24(12-22(19)20)28-13-16-8-17(14-28)10-18(9-16)15-28;;/h11-12,16-18,20-21,23,31H,2-10,13-15,29H2,1H3;11-12,16-18,20-21,23,29H,2-10,13-15H2,1H3;2*1H4/b30-26+;;;/t2*16?,17?,18?,20?,21?,23?,27-,28?;;/m00../s1. The van der Waals surface area contributed by atoms with Crippen LogP contribution in [0.25, 0.3) is 0 Å². The number of fused-ring (bicyclic) bond motifs is 10. The zero-order valence-electron chi connectivity index (χ0n) is 37.5.